The Morgan fingerprint density at radius 3 is 2.67 bits per heavy atom. The summed E-state index contributed by atoms with van der Waals surface area (Å²) in [6.07, 6.45) is 3.58. The Labute approximate surface area is 129 Å². The third kappa shape index (κ3) is 3.34. The van der Waals surface area contributed by atoms with E-state index in [1.807, 2.05) is 12.1 Å². The van der Waals surface area contributed by atoms with Crippen LogP contribution in [0.25, 0.3) is 0 Å². The van der Waals surface area contributed by atoms with Crippen molar-refractivity contribution in [2.45, 2.75) is 59.1 Å². The van der Waals surface area contributed by atoms with Crippen LogP contribution in [-0.4, -0.2) is 25.4 Å². The lowest BCUT2D eigenvalue weighted by Crippen LogP contribution is -2.59. The molecule has 2 rings (SSSR count). The van der Waals surface area contributed by atoms with Crippen LogP contribution in [0.4, 0.5) is 5.69 Å². The Hall–Kier alpha value is -1.22. The number of ether oxygens (including phenoxy) is 2. The smallest absolute Gasteiger partial charge is 0.142 e. The summed E-state index contributed by atoms with van der Waals surface area (Å²) < 4.78 is 11.7. The zero-order valence-corrected chi connectivity index (χ0v) is 13.8. The van der Waals surface area contributed by atoms with Crippen molar-refractivity contribution in [1.82, 2.24) is 0 Å². The normalized spacial score (nSPS) is 28.0. The topological polar surface area (TPSA) is 30.5 Å². The van der Waals surface area contributed by atoms with Gasteiger partial charge in [0.2, 0.25) is 0 Å². The van der Waals surface area contributed by atoms with Crippen LogP contribution < -0.4 is 10.1 Å². The molecule has 118 valence electrons. The maximum absolute atomic E-state index is 5.88. The molecule has 0 heterocycles. The van der Waals surface area contributed by atoms with Gasteiger partial charge in [-0.3, -0.25) is 0 Å². The lowest BCUT2D eigenvalue weighted by molar-refractivity contribution is -0.109. The van der Waals surface area contributed by atoms with E-state index in [2.05, 4.69) is 45.1 Å². The number of para-hydroxylation sites is 2. The molecule has 0 aliphatic heterocycles. The molecule has 0 spiro atoms. The van der Waals surface area contributed by atoms with Gasteiger partial charge in [-0.15, -0.1) is 0 Å². The molecule has 0 saturated heterocycles. The van der Waals surface area contributed by atoms with Crippen LogP contribution in [0.5, 0.6) is 5.75 Å². The summed E-state index contributed by atoms with van der Waals surface area (Å²) in [4.78, 5) is 0. The Kier molecular flexibility index (Phi) is 5.51. The van der Waals surface area contributed by atoms with Gasteiger partial charge in [0.25, 0.3) is 0 Å². The maximum Gasteiger partial charge on any atom is 0.142 e. The minimum absolute atomic E-state index is 0.202. The van der Waals surface area contributed by atoms with Crippen molar-refractivity contribution >= 4 is 5.69 Å². The fourth-order valence-corrected chi connectivity index (χ4v) is 3.09. The van der Waals surface area contributed by atoms with E-state index in [-0.39, 0.29) is 5.41 Å². The van der Waals surface area contributed by atoms with Crippen LogP contribution in [0.2, 0.25) is 0 Å². The quantitative estimate of drug-likeness (QED) is 0.766. The molecule has 21 heavy (non-hydrogen) atoms. The predicted octanol–water partition coefficient (Wildman–Crippen LogP) is 4.48. The Bertz CT molecular complexity index is 449. The summed E-state index contributed by atoms with van der Waals surface area (Å²) in [6, 6.07) is 8.68. The summed E-state index contributed by atoms with van der Waals surface area (Å²) in [6.45, 7) is 10.3. The zero-order chi connectivity index (χ0) is 15.3. The van der Waals surface area contributed by atoms with Crippen LogP contribution in [0.1, 0.15) is 47.0 Å². The second kappa shape index (κ2) is 7.17. The highest BCUT2D eigenvalue weighted by molar-refractivity contribution is 5.57. The summed E-state index contributed by atoms with van der Waals surface area (Å²) in [5, 5.41) is 3.68. The summed E-state index contributed by atoms with van der Waals surface area (Å²) in [5.41, 5.74) is 1.30. The molecular weight excluding hydrogens is 262 g/mol. The first-order valence-corrected chi connectivity index (χ1v) is 8.25. The molecule has 3 nitrogen and oxygen atoms in total. The van der Waals surface area contributed by atoms with Gasteiger partial charge < -0.3 is 14.8 Å². The number of hydrogen-bond acceptors (Lipinski definition) is 3. The monoisotopic (exact) mass is 291 g/mol. The molecule has 1 aliphatic rings. The lowest BCUT2D eigenvalue weighted by atomic mass is 9.61. The van der Waals surface area contributed by atoms with Crippen molar-refractivity contribution in [2.75, 3.05) is 18.5 Å². The first-order valence-electron chi connectivity index (χ1n) is 8.25. The Balaban J connectivity index is 2.05. The average Bonchev–Trinajstić information content (AvgIpc) is 2.52. The summed E-state index contributed by atoms with van der Waals surface area (Å²) in [5.74, 6) is 0.956. The molecule has 0 radical (unpaired) electrons. The fraction of sp³-hybridized carbons (Fsp3) is 0.667. The molecule has 3 atom stereocenters. The SMILES string of the molecule is CCCOc1ccccc1NC1CC(OCC)C1(C)CC. The number of rotatable bonds is 8. The van der Waals surface area contributed by atoms with Crippen molar-refractivity contribution in [2.24, 2.45) is 5.41 Å². The molecule has 1 aromatic rings. The van der Waals surface area contributed by atoms with Crippen molar-refractivity contribution in [3.05, 3.63) is 24.3 Å². The minimum atomic E-state index is 0.202. The number of benzene rings is 1. The fourth-order valence-electron chi connectivity index (χ4n) is 3.09. The first kappa shape index (κ1) is 16.2. The van der Waals surface area contributed by atoms with Crippen molar-refractivity contribution in [3.63, 3.8) is 0 Å². The van der Waals surface area contributed by atoms with Crippen LogP contribution in [0.3, 0.4) is 0 Å². The second-order valence-electron chi connectivity index (χ2n) is 6.08. The highest BCUT2D eigenvalue weighted by atomic mass is 16.5. The molecule has 1 aliphatic carbocycles. The summed E-state index contributed by atoms with van der Waals surface area (Å²) >= 11 is 0. The van der Waals surface area contributed by atoms with E-state index < -0.39 is 0 Å². The standard InChI is InChI=1S/C18H29NO2/c1-5-12-21-15-11-9-8-10-14(15)19-16-13-17(20-7-3)18(16,4)6-2/h8-11,16-17,19H,5-7,12-13H2,1-4H3. The van der Waals surface area contributed by atoms with Gasteiger partial charge in [0.05, 0.1) is 18.4 Å². The second-order valence-corrected chi connectivity index (χ2v) is 6.08. The molecule has 1 fully saturated rings. The van der Waals surface area contributed by atoms with Crippen molar-refractivity contribution in [3.8, 4) is 5.75 Å². The third-order valence-electron chi connectivity index (χ3n) is 4.79. The zero-order valence-electron chi connectivity index (χ0n) is 13.8. The van der Waals surface area contributed by atoms with Crippen LogP contribution >= 0.6 is 0 Å². The molecular formula is C18H29NO2. The molecule has 3 unspecified atom stereocenters. The van der Waals surface area contributed by atoms with Gasteiger partial charge in [-0.2, -0.15) is 0 Å². The molecule has 1 aromatic carbocycles. The van der Waals surface area contributed by atoms with E-state index in [9.17, 15) is 0 Å². The molecule has 0 bridgehead atoms. The van der Waals surface area contributed by atoms with Gasteiger partial charge in [-0.1, -0.05) is 32.9 Å². The lowest BCUT2D eigenvalue weighted by Gasteiger charge is -2.54. The van der Waals surface area contributed by atoms with E-state index in [0.29, 0.717) is 12.1 Å². The molecule has 3 heteroatoms. The van der Waals surface area contributed by atoms with E-state index in [4.69, 9.17) is 9.47 Å². The molecule has 0 amide bonds. The van der Waals surface area contributed by atoms with E-state index in [1.54, 1.807) is 0 Å². The highest BCUT2D eigenvalue weighted by Gasteiger charge is 2.51. The Morgan fingerprint density at radius 1 is 1.24 bits per heavy atom. The number of nitrogens with one attached hydrogen (secondary N) is 1. The number of anilines is 1. The van der Waals surface area contributed by atoms with E-state index in [0.717, 1.165) is 43.9 Å². The van der Waals surface area contributed by atoms with Gasteiger partial charge in [0.1, 0.15) is 5.75 Å². The van der Waals surface area contributed by atoms with Gasteiger partial charge in [0.15, 0.2) is 0 Å². The molecule has 1 saturated carbocycles. The van der Waals surface area contributed by atoms with Gasteiger partial charge in [-0.25, -0.2) is 0 Å². The van der Waals surface area contributed by atoms with Crippen LogP contribution in [0.15, 0.2) is 24.3 Å². The minimum Gasteiger partial charge on any atom is -0.491 e. The largest absolute Gasteiger partial charge is 0.491 e. The van der Waals surface area contributed by atoms with Crippen LogP contribution in [-0.2, 0) is 4.74 Å². The van der Waals surface area contributed by atoms with Gasteiger partial charge in [0, 0.05) is 18.1 Å². The maximum atomic E-state index is 5.88. The van der Waals surface area contributed by atoms with Crippen molar-refractivity contribution < 1.29 is 9.47 Å². The Morgan fingerprint density at radius 2 is 2.00 bits per heavy atom. The van der Waals surface area contributed by atoms with Gasteiger partial charge in [-0.05, 0) is 38.3 Å². The molecule has 0 aromatic heterocycles. The average molecular weight is 291 g/mol. The van der Waals surface area contributed by atoms with Crippen LogP contribution in [0, 0.1) is 5.41 Å². The van der Waals surface area contributed by atoms with E-state index in [1.165, 1.54) is 0 Å². The molecule has 1 N–H and O–H groups in total. The first-order chi connectivity index (χ1) is 10.2. The highest BCUT2D eigenvalue weighted by Crippen LogP contribution is 2.47. The van der Waals surface area contributed by atoms with Crippen molar-refractivity contribution in [1.29, 1.82) is 0 Å². The summed E-state index contributed by atoms with van der Waals surface area (Å²) in [7, 11) is 0. The van der Waals surface area contributed by atoms with E-state index >= 15 is 0 Å². The predicted molar refractivity (Wildman–Crippen MR) is 88.1 cm³/mol. The third-order valence-corrected chi connectivity index (χ3v) is 4.79. The number of hydrogen-bond donors (Lipinski definition) is 1. The van der Waals surface area contributed by atoms with Gasteiger partial charge >= 0.3 is 0 Å².